The number of benzene rings is 1. The molecule has 1 aromatic rings. The van der Waals surface area contributed by atoms with E-state index in [0.717, 1.165) is 6.26 Å². The third-order valence-electron chi connectivity index (χ3n) is 2.84. The maximum absolute atomic E-state index is 11.7. The molecule has 2 N–H and O–H groups in total. The largest absolute Gasteiger partial charge is 0.396 e. The van der Waals surface area contributed by atoms with Crippen molar-refractivity contribution >= 4 is 21.2 Å². The number of hydrogen-bond donors (Lipinski definition) is 1. The molecule has 0 amide bonds. The average Bonchev–Trinajstić information content (AvgIpc) is 2.29. The first-order valence-electron chi connectivity index (χ1n) is 6.01. The first-order valence-corrected chi connectivity index (χ1v) is 7.90. The summed E-state index contributed by atoms with van der Waals surface area (Å²) in [5, 5.41) is 8.69. The summed E-state index contributed by atoms with van der Waals surface area (Å²) < 4.78 is 23.3. The van der Waals surface area contributed by atoms with Crippen molar-refractivity contribution in [3.05, 3.63) is 18.2 Å². The number of nitriles is 1. The van der Waals surface area contributed by atoms with Crippen molar-refractivity contribution in [2.45, 2.75) is 31.2 Å². The Morgan fingerprint density at radius 3 is 2.53 bits per heavy atom. The van der Waals surface area contributed by atoms with Crippen LogP contribution >= 0.6 is 0 Å². The van der Waals surface area contributed by atoms with E-state index in [4.69, 9.17) is 11.0 Å². The number of para-hydroxylation sites is 1. The third-order valence-corrected chi connectivity index (χ3v) is 3.99. The number of sulfone groups is 1. The smallest absolute Gasteiger partial charge is 0.177 e. The van der Waals surface area contributed by atoms with E-state index in [9.17, 15) is 8.42 Å². The molecule has 0 heterocycles. The molecule has 1 rings (SSSR count). The monoisotopic (exact) mass is 281 g/mol. The molecule has 0 aliphatic rings. The predicted molar refractivity (Wildman–Crippen MR) is 76.7 cm³/mol. The Morgan fingerprint density at radius 2 is 2.05 bits per heavy atom. The molecule has 0 spiro atoms. The summed E-state index contributed by atoms with van der Waals surface area (Å²) in [6, 6.07) is 7.16. The van der Waals surface area contributed by atoms with Crippen LogP contribution in [0.2, 0.25) is 0 Å². The van der Waals surface area contributed by atoms with Crippen LogP contribution in [-0.4, -0.2) is 27.3 Å². The van der Waals surface area contributed by atoms with E-state index < -0.39 is 9.84 Å². The zero-order chi connectivity index (χ0) is 14.6. The molecule has 5 nitrogen and oxygen atoms in total. The van der Waals surface area contributed by atoms with Crippen LogP contribution in [0.15, 0.2) is 23.1 Å². The zero-order valence-electron chi connectivity index (χ0n) is 11.4. The fourth-order valence-electron chi connectivity index (χ4n) is 1.93. The van der Waals surface area contributed by atoms with Gasteiger partial charge in [0.1, 0.15) is 0 Å². The summed E-state index contributed by atoms with van der Waals surface area (Å²) in [7, 11) is -3.35. The van der Waals surface area contributed by atoms with Crippen LogP contribution in [0.25, 0.3) is 0 Å². The lowest BCUT2D eigenvalue weighted by Gasteiger charge is -2.29. The molecular weight excluding hydrogens is 262 g/mol. The lowest BCUT2D eigenvalue weighted by atomic mass is 10.2. The predicted octanol–water partition coefficient (Wildman–Crippen LogP) is 1.80. The van der Waals surface area contributed by atoms with Crippen LogP contribution in [0.4, 0.5) is 11.4 Å². The Morgan fingerprint density at radius 1 is 1.42 bits per heavy atom. The SMILES string of the molecule is CC(C)N(CCC#N)c1cccc(S(C)(=O)=O)c1N. The number of nitrogens with two attached hydrogens (primary N) is 1. The average molecular weight is 281 g/mol. The molecule has 0 saturated heterocycles. The Bertz CT molecular complexity index is 588. The topological polar surface area (TPSA) is 87.2 Å². The normalized spacial score (nSPS) is 11.3. The van der Waals surface area contributed by atoms with Gasteiger partial charge in [-0.05, 0) is 26.0 Å². The Hall–Kier alpha value is -1.74. The standard InChI is InChI=1S/C13H19N3O2S/c1-10(2)16(9-5-8-14)11-6-4-7-12(13(11)15)19(3,17)18/h4,6-7,10H,5,9,15H2,1-3H3. The molecule has 0 aliphatic heterocycles. The molecule has 0 unspecified atom stereocenters. The van der Waals surface area contributed by atoms with Gasteiger partial charge in [0.05, 0.1) is 28.8 Å². The van der Waals surface area contributed by atoms with E-state index in [1.165, 1.54) is 6.07 Å². The molecule has 0 aromatic heterocycles. The number of nitrogens with zero attached hydrogens (tertiary/aromatic N) is 2. The molecule has 0 atom stereocenters. The first kappa shape index (κ1) is 15.3. The minimum Gasteiger partial charge on any atom is -0.396 e. The zero-order valence-corrected chi connectivity index (χ0v) is 12.2. The van der Waals surface area contributed by atoms with Crippen LogP contribution in [0.5, 0.6) is 0 Å². The molecule has 0 aliphatic carbocycles. The highest BCUT2D eigenvalue weighted by atomic mass is 32.2. The summed E-state index contributed by atoms with van der Waals surface area (Å²) in [6.45, 7) is 4.47. The van der Waals surface area contributed by atoms with Gasteiger partial charge in [-0.25, -0.2) is 8.42 Å². The van der Waals surface area contributed by atoms with Crippen molar-refractivity contribution in [2.75, 3.05) is 23.4 Å². The Labute approximate surface area is 114 Å². The van der Waals surface area contributed by atoms with E-state index in [2.05, 4.69) is 6.07 Å². The fraction of sp³-hybridized carbons (Fsp3) is 0.462. The minimum atomic E-state index is -3.35. The van der Waals surface area contributed by atoms with Crippen LogP contribution in [0.3, 0.4) is 0 Å². The molecule has 19 heavy (non-hydrogen) atoms. The Balaban J connectivity index is 3.30. The molecule has 0 bridgehead atoms. The van der Waals surface area contributed by atoms with Crippen molar-refractivity contribution < 1.29 is 8.42 Å². The van der Waals surface area contributed by atoms with Crippen molar-refractivity contribution in [2.24, 2.45) is 0 Å². The molecule has 0 radical (unpaired) electrons. The first-order chi connectivity index (χ1) is 8.79. The molecule has 1 aromatic carbocycles. The van der Waals surface area contributed by atoms with Crippen LogP contribution in [0.1, 0.15) is 20.3 Å². The highest BCUT2D eigenvalue weighted by Gasteiger charge is 2.19. The van der Waals surface area contributed by atoms with E-state index >= 15 is 0 Å². The maximum Gasteiger partial charge on any atom is 0.177 e. The van der Waals surface area contributed by atoms with Gasteiger partial charge in [-0.1, -0.05) is 6.07 Å². The maximum atomic E-state index is 11.7. The van der Waals surface area contributed by atoms with E-state index in [1.54, 1.807) is 12.1 Å². The molecule has 104 valence electrons. The van der Waals surface area contributed by atoms with Gasteiger partial charge < -0.3 is 10.6 Å². The number of rotatable bonds is 5. The van der Waals surface area contributed by atoms with E-state index in [-0.39, 0.29) is 16.6 Å². The third kappa shape index (κ3) is 3.61. The number of nitrogen functional groups attached to an aromatic ring is 1. The van der Waals surface area contributed by atoms with Gasteiger partial charge in [0.15, 0.2) is 9.84 Å². The van der Waals surface area contributed by atoms with Gasteiger partial charge in [0.2, 0.25) is 0 Å². The second-order valence-electron chi connectivity index (χ2n) is 4.66. The highest BCUT2D eigenvalue weighted by Crippen LogP contribution is 2.31. The number of anilines is 2. The van der Waals surface area contributed by atoms with Crippen molar-refractivity contribution in [1.29, 1.82) is 5.26 Å². The quantitative estimate of drug-likeness (QED) is 0.831. The van der Waals surface area contributed by atoms with Gasteiger partial charge in [-0.15, -0.1) is 0 Å². The summed E-state index contributed by atoms with van der Waals surface area (Å²) in [5.74, 6) is 0. The lowest BCUT2D eigenvalue weighted by molar-refractivity contribution is 0.602. The van der Waals surface area contributed by atoms with Gasteiger partial charge in [0.25, 0.3) is 0 Å². The van der Waals surface area contributed by atoms with Crippen LogP contribution in [-0.2, 0) is 9.84 Å². The molecule has 0 fully saturated rings. The van der Waals surface area contributed by atoms with Gasteiger partial charge in [-0.2, -0.15) is 5.26 Å². The van der Waals surface area contributed by atoms with Crippen molar-refractivity contribution in [3.63, 3.8) is 0 Å². The van der Waals surface area contributed by atoms with Crippen LogP contribution < -0.4 is 10.6 Å². The van der Waals surface area contributed by atoms with Crippen molar-refractivity contribution in [1.82, 2.24) is 0 Å². The summed E-state index contributed by atoms with van der Waals surface area (Å²) in [4.78, 5) is 2.07. The van der Waals surface area contributed by atoms with Crippen LogP contribution in [0, 0.1) is 11.3 Å². The lowest BCUT2D eigenvalue weighted by Crippen LogP contribution is -2.32. The fourth-order valence-corrected chi connectivity index (χ4v) is 2.76. The molecular formula is C13H19N3O2S. The van der Waals surface area contributed by atoms with Gasteiger partial charge in [-0.3, -0.25) is 0 Å². The van der Waals surface area contributed by atoms with Gasteiger partial charge in [0, 0.05) is 18.8 Å². The highest BCUT2D eigenvalue weighted by molar-refractivity contribution is 7.90. The van der Waals surface area contributed by atoms with E-state index in [0.29, 0.717) is 18.7 Å². The second kappa shape index (κ2) is 5.93. The van der Waals surface area contributed by atoms with Gasteiger partial charge >= 0.3 is 0 Å². The molecule has 6 heteroatoms. The van der Waals surface area contributed by atoms with E-state index in [1.807, 2.05) is 18.7 Å². The Kier molecular flexibility index (Phi) is 4.78. The summed E-state index contributed by atoms with van der Waals surface area (Å²) in [5.41, 5.74) is 6.88. The van der Waals surface area contributed by atoms with Crippen molar-refractivity contribution in [3.8, 4) is 6.07 Å². The number of hydrogen-bond acceptors (Lipinski definition) is 5. The summed E-state index contributed by atoms with van der Waals surface area (Å²) in [6.07, 6.45) is 1.50. The summed E-state index contributed by atoms with van der Waals surface area (Å²) >= 11 is 0. The molecule has 0 saturated carbocycles. The second-order valence-corrected chi connectivity index (χ2v) is 6.64. The minimum absolute atomic E-state index is 0.130.